The molecule has 0 fully saturated rings. The van der Waals surface area contributed by atoms with Crippen LogP contribution in [0.4, 0.5) is 0 Å². The minimum absolute atomic E-state index is 0.365. The summed E-state index contributed by atoms with van der Waals surface area (Å²) in [5.41, 5.74) is 2.52. The van der Waals surface area contributed by atoms with E-state index in [0.717, 1.165) is 11.1 Å². The van der Waals surface area contributed by atoms with Crippen LogP contribution < -0.4 is 9.47 Å². The summed E-state index contributed by atoms with van der Waals surface area (Å²) in [4.78, 5) is 0. The van der Waals surface area contributed by atoms with E-state index in [1.54, 1.807) is 12.1 Å². The van der Waals surface area contributed by atoms with Crippen LogP contribution in [0.2, 0.25) is 0 Å². The number of benzene rings is 2. The Kier molecular flexibility index (Phi) is 5.48. The van der Waals surface area contributed by atoms with Crippen molar-refractivity contribution >= 4 is 11.6 Å². The van der Waals surface area contributed by atoms with Crippen LogP contribution in [0, 0.1) is 11.3 Å². The van der Waals surface area contributed by atoms with E-state index >= 15 is 0 Å². The van der Waals surface area contributed by atoms with Crippen molar-refractivity contribution in [2.45, 2.75) is 19.4 Å². The third-order valence-corrected chi connectivity index (χ3v) is 3.26. The van der Waals surface area contributed by atoms with Crippen molar-refractivity contribution in [3.8, 4) is 17.6 Å². The molecule has 0 aromatic heterocycles. The van der Waals surface area contributed by atoms with E-state index in [4.69, 9.17) is 26.3 Å². The molecule has 0 aliphatic heterocycles. The van der Waals surface area contributed by atoms with Gasteiger partial charge in [-0.2, -0.15) is 5.26 Å². The third-order valence-electron chi connectivity index (χ3n) is 2.97. The fourth-order valence-electron chi connectivity index (χ4n) is 1.93. The molecule has 108 valence electrons. The van der Waals surface area contributed by atoms with Gasteiger partial charge in [0.2, 0.25) is 0 Å². The Bertz CT molecular complexity index is 632. The van der Waals surface area contributed by atoms with E-state index in [1.165, 1.54) is 0 Å². The predicted molar refractivity (Wildman–Crippen MR) is 82.7 cm³/mol. The van der Waals surface area contributed by atoms with Crippen LogP contribution in [0.3, 0.4) is 0 Å². The normalized spacial score (nSPS) is 9.95. The molecule has 0 aliphatic carbocycles. The summed E-state index contributed by atoms with van der Waals surface area (Å²) >= 11 is 5.95. The van der Waals surface area contributed by atoms with Gasteiger partial charge >= 0.3 is 0 Å². The molecule has 0 saturated carbocycles. The van der Waals surface area contributed by atoms with Crippen LogP contribution in [0.15, 0.2) is 42.5 Å². The van der Waals surface area contributed by atoms with Gasteiger partial charge in [0.05, 0.1) is 24.1 Å². The van der Waals surface area contributed by atoms with Crippen molar-refractivity contribution in [2.75, 3.05) is 6.61 Å². The first kappa shape index (κ1) is 15.2. The number of ether oxygens (including phenoxy) is 2. The van der Waals surface area contributed by atoms with Crippen molar-refractivity contribution in [1.82, 2.24) is 0 Å². The summed E-state index contributed by atoms with van der Waals surface area (Å²) in [6.07, 6.45) is 0. The van der Waals surface area contributed by atoms with Crippen LogP contribution in [0.1, 0.15) is 23.6 Å². The quantitative estimate of drug-likeness (QED) is 0.748. The molecule has 0 saturated heterocycles. The van der Waals surface area contributed by atoms with Crippen LogP contribution in [-0.4, -0.2) is 6.61 Å². The second-order valence-electron chi connectivity index (χ2n) is 4.41. The summed E-state index contributed by atoms with van der Waals surface area (Å²) in [6.45, 7) is 2.90. The van der Waals surface area contributed by atoms with Gasteiger partial charge < -0.3 is 9.47 Å². The van der Waals surface area contributed by atoms with E-state index in [1.807, 2.05) is 37.3 Å². The van der Waals surface area contributed by atoms with Crippen molar-refractivity contribution in [2.24, 2.45) is 0 Å². The first-order valence-corrected chi connectivity index (χ1v) is 7.24. The SMILES string of the molecule is CCOc1cccc(CCl)c1OCc1ccc(C#N)cc1. The van der Waals surface area contributed by atoms with Gasteiger partial charge in [0.25, 0.3) is 0 Å². The Morgan fingerprint density at radius 2 is 1.86 bits per heavy atom. The fraction of sp³-hybridized carbons (Fsp3) is 0.235. The van der Waals surface area contributed by atoms with Gasteiger partial charge in [0, 0.05) is 5.56 Å². The molecular formula is C17H16ClNO2. The fourth-order valence-corrected chi connectivity index (χ4v) is 2.14. The van der Waals surface area contributed by atoms with E-state index in [-0.39, 0.29) is 0 Å². The molecule has 21 heavy (non-hydrogen) atoms. The van der Waals surface area contributed by atoms with Gasteiger partial charge in [-0.15, -0.1) is 11.6 Å². The minimum Gasteiger partial charge on any atom is -0.490 e. The summed E-state index contributed by atoms with van der Waals surface area (Å²) in [6, 6.07) is 15.1. The molecule has 0 heterocycles. The molecule has 2 aromatic rings. The van der Waals surface area contributed by atoms with E-state index < -0.39 is 0 Å². The summed E-state index contributed by atoms with van der Waals surface area (Å²) in [5, 5.41) is 8.79. The highest BCUT2D eigenvalue weighted by molar-refractivity contribution is 6.17. The maximum Gasteiger partial charge on any atom is 0.166 e. The monoisotopic (exact) mass is 301 g/mol. The lowest BCUT2D eigenvalue weighted by Gasteiger charge is -2.15. The Labute approximate surface area is 129 Å². The first-order chi connectivity index (χ1) is 10.3. The highest BCUT2D eigenvalue weighted by Crippen LogP contribution is 2.33. The molecule has 0 aliphatic rings. The van der Waals surface area contributed by atoms with Crippen molar-refractivity contribution in [3.63, 3.8) is 0 Å². The molecule has 3 nitrogen and oxygen atoms in total. The number of hydrogen-bond acceptors (Lipinski definition) is 3. The smallest absolute Gasteiger partial charge is 0.166 e. The highest BCUT2D eigenvalue weighted by Gasteiger charge is 2.10. The Morgan fingerprint density at radius 3 is 2.48 bits per heavy atom. The topological polar surface area (TPSA) is 42.2 Å². The van der Waals surface area contributed by atoms with Crippen molar-refractivity contribution < 1.29 is 9.47 Å². The number of para-hydroxylation sites is 1. The first-order valence-electron chi connectivity index (χ1n) is 6.71. The highest BCUT2D eigenvalue weighted by atomic mass is 35.5. The Morgan fingerprint density at radius 1 is 1.10 bits per heavy atom. The van der Waals surface area contributed by atoms with Gasteiger partial charge in [0.1, 0.15) is 6.61 Å². The standard InChI is InChI=1S/C17H16ClNO2/c1-2-20-16-5-3-4-15(10-18)17(16)21-12-14-8-6-13(11-19)7-9-14/h3-9H,2,10,12H2,1H3. The maximum atomic E-state index is 8.79. The Balaban J connectivity index is 2.16. The van der Waals surface area contributed by atoms with Gasteiger partial charge in [0.15, 0.2) is 11.5 Å². The van der Waals surface area contributed by atoms with E-state index in [9.17, 15) is 0 Å². The minimum atomic E-state index is 0.365. The molecular weight excluding hydrogens is 286 g/mol. The maximum absolute atomic E-state index is 8.79. The zero-order valence-electron chi connectivity index (χ0n) is 11.8. The van der Waals surface area contributed by atoms with Crippen LogP contribution >= 0.6 is 11.6 Å². The van der Waals surface area contributed by atoms with Crippen molar-refractivity contribution in [1.29, 1.82) is 5.26 Å². The molecule has 2 rings (SSSR count). The average Bonchev–Trinajstić information content (AvgIpc) is 2.54. The van der Waals surface area contributed by atoms with Gasteiger partial charge in [-0.05, 0) is 30.7 Å². The summed E-state index contributed by atoms with van der Waals surface area (Å²) in [7, 11) is 0. The second kappa shape index (κ2) is 7.56. The van der Waals surface area contributed by atoms with Gasteiger partial charge in [-0.1, -0.05) is 24.3 Å². The Hall–Kier alpha value is -2.18. The molecule has 0 bridgehead atoms. The number of alkyl halides is 1. The number of rotatable bonds is 6. The summed E-state index contributed by atoms with van der Waals surface area (Å²) in [5.74, 6) is 1.74. The number of hydrogen-bond donors (Lipinski definition) is 0. The van der Waals surface area contributed by atoms with Gasteiger partial charge in [-0.25, -0.2) is 0 Å². The van der Waals surface area contributed by atoms with Crippen LogP contribution in [-0.2, 0) is 12.5 Å². The molecule has 0 N–H and O–H groups in total. The average molecular weight is 302 g/mol. The molecule has 4 heteroatoms. The zero-order valence-corrected chi connectivity index (χ0v) is 12.6. The number of halogens is 1. The largest absolute Gasteiger partial charge is 0.490 e. The van der Waals surface area contributed by atoms with E-state index in [0.29, 0.717) is 36.2 Å². The molecule has 2 aromatic carbocycles. The molecule has 0 amide bonds. The van der Waals surface area contributed by atoms with Gasteiger partial charge in [-0.3, -0.25) is 0 Å². The zero-order chi connectivity index (χ0) is 15.1. The molecule has 0 atom stereocenters. The lowest BCUT2D eigenvalue weighted by atomic mass is 10.1. The van der Waals surface area contributed by atoms with Crippen LogP contribution in [0.5, 0.6) is 11.5 Å². The second-order valence-corrected chi connectivity index (χ2v) is 4.68. The van der Waals surface area contributed by atoms with Crippen molar-refractivity contribution in [3.05, 3.63) is 59.2 Å². The molecule has 0 radical (unpaired) electrons. The number of nitrogens with zero attached hydrogens (tertiary/aromatic N) is 1. The third kappa shape index (κ3) is 3.90. The lowest BCUT2D eigenvalue weighted by Crippen LogP contribution is -2.02. The number of nitriles is 1. The predicted octanol–water partition coefficient (Wildman–Crippen LogP) is 4.27. The summed E-state index contributed by atoms with van der Waals surface area (Å²) < 4.78 is 11.5. The van der Waals surface area contributed by atoms with Crippen LogP contribution in [0.25, 0.3) is 0 Å². The lowest BCUT2D eigenvalue weighted by molar-refractivity contribution is 0.267. The molecule has 0 spiro atoms. The van der Waals surface area contributed by atoms with E-state index in [2.05, 4.69) is 6.07 Å². The molecule has 0 unspecified atom stereocenters.